The van der Waals surface area contributed by atoms with Crippen LogP contribution in [-0.2, 0) is 0 Å². The Morgan fingerprint density at radius 2 is 1.66 bits per heavy atom. The summed E-state index contributed by atoms with van der Waals surface area (Å²) in [5, 5.41) is 20.0. The molecule has 0 bridgehead atoms. The van der Waals surface area contributed by atoms with Crippen molar-refractivity contribution in [2.24, 2.45) is 10.2 Å². The minimum atomic E-state index is 0.0634. The van der Waals surface area contributed by atoms with Gasteiger partial charge >= 0.3 is 0 Å². The van der Waals surface area contributed by atoms with Gasteiger partial charge in [-0.1, -0.05) is 72.8 Å². The van der Waals surface area contributed by atoms with Gasteiger partial charge in [-0.3, -0.25) is 5.01 Å². The predicted molar refractivity (Wildman–Crippen MR) is 118 cm³/mol. The van der Waals surface area contributed by atoms with E-state index in [1.54, 1.807) is 6.21 Å². The van der Waals surface area contributed by atoms with Gasteiger partial charge in [-0.05, 0) is 28.8 Å². The number of anilines is 1. The van der Waals surface area contributed by atoms with E-state index in [-0.39, 0.29) is 12.6 Å². The van der Waals surface area contributed by atoms with Crippen LogP contribution in [0.1, 0.15) is 29.2 Å². The van der Waals surface area contributed by atoms with Crippen molar-refractivity contribution in [2.75, 3.05) is 18.2 Å². The van der Waals surface area contributed by atoms with E-state index < -0.39 is 0 Å². The number of hydrogen-bond acceptors (Lipinski definition) is 5. The summed E-state index contributed by atoms with van der Waals surface area (Å²) >= 11 is 0. The first-order chi connectivity index (χ1) is 14.3. The number of nitrogens with one attached hydrogen (secondary N) is 1. The molecule has 0 fully saturated rings. The molecule has 5 heteroatoms. The second kappa shape index (κ2) is 9.17. The SMILES string of the molecule is OCCN/N=C/c1ccc(N2N=C(c3ccccc3)CC2c2ccccc2)cc1. The lowest BCUT2D eigenvalue weighted by Crippen LogP contribution is -2.18. The number of aliphatic hydroxyl groups excluding tert-OH is 1. The molecule has 146 valence electrons. The van der Waals surface area contributed by atoms with Crippen LogP contribution in [0.2, 0.25) is 0 Å². The average molecular weight is 384 g/mol. The summed E-state index contributed by atoms with van der Waals surface area (Å²) in [6.07, 6.45) is 2.61. The molecule has 3 aromatic carbocycles. The zero-order chi connectivity index (χ0) is 19.9. The van der Waals surface area contributed by atoms with Gasteiger partial charge in [0.25, 0.3) is 0 Å². The lowest BCUT2D eigenvalue weighted by atomic mass is 9.98. The van der Waals surface area contributed by atoms with E-state index in [0.717, 1.165) is 28.9 Å². The van der Waals surface area contributed by atoms with E-state index in [1.165, 1.54) is 5.56 Å². The lowest BCUT2D eigenvalue weighted by molar-refractivity contribution is 0.294. The Morgan fingerprint density at radius 1 is 0.966 bits per heavy atom. The summed E-state index contributed by atoms with van der Waals surface area (Å²) in [5.41, 5.74) is 8.34. The van der Waals surface area contributed by atoms with Crippen molar-refractivity contribution < 1.29 is 5.11 Å². The van der Waals surface area contributed by atoms with E-state index in [2.05, 4.69) is 76.2 Å². The standard InChI is InChI=1S/C24H24N4O/c29-16-15-25-26-18-19-11-13-22(14-12-19)28-24(21-9-5-2-6-10-21)17-23(27-28)20-7-3-1-4-8-20/h1-14,18,24-25,29H,15-17H2/b26-18+. The summed E-state index contributed by atoms with van der Waals surface area (Å²) in [6.45, 7) is 0.506. The van der Waals surface area contributed by atoms with Gasteiger partial charge in [0.2, 0.25) is 0 Å². The molecule has 1 atom stereocenters. The zero-order valence-electron chi connectivity index (χ0n) is 16.1. The minimum Gasteiger partial charge on any atom is -0.394 e. The van der Waals surface area contributed by atoms with Crippen molar-refractivity contribution in [2.45, 2.75) is 12.5 Å². The van der Waals surface area contributed by atoms with Crippen molar-refractivity contribution >= 4 is 17.6 Å². The maximum Gasteiger partial charge on any atom is 0.0831 e. The first-order valence-corrected chi connectivity index (χ1v) is 9.79. The molecule has 3 aromatic rings. The Bertz CT molecular complexity index is 969. The van der Waals surface area contributed by atoms with E-state index >= 15 is 0 Å². The minimum absolute atomic E-state index is 0.0634. The third-order valence-electron chi connectivity index (χ3n) is 4.89. The fourth-order valence-electron chi connectivity index (χ4n) is 3.44. The topological polar surface area (TPSA) is 60.2 Å². The Kier molecular flexibility index (Phi) is 5.98. The summed E-state index contributed by atoms with van der Waals surface area (Å²) in [7, 11) is 0. The van der Waals surface area contributed by atoms with Gasteiger partial charge in [0.15, 0.2) is 0 Å². The maximum atomic E-state index is 8.79. The van der Waals surface area contributed by atoms with Crippen LogP contribution < -0.4 is 10.4 Å². The predicted octanol–water partition coefficient (Wildman–Crippen LogP) is 3.96. The molecule has 0 aromatic heterocycles. The second-order valence-electron chi connectivity index (χ2n) is 6.87. The number of nitrogens with zero attached hydrogens (tertiary/aromatic N) is 3. The summed E-state index contributed by atoms with van der Waals surface area (Å²) < 4.78 is 0. The van der Waals surface area contributed by atoms with Crippen molar-refractivity contribution in [1.82, 2.24) is 5.43 Å². The van der Waals surface area contributed by atoms with Gasteiger partial charge < -0.3 is 10.5 Å². The number of aliphatic hydroxyl groups is 1. The Hall–Kier alpha value is -3.44. The zero-order valence-corrected chi connectivity index (χ0v) is 16.1. The summed E-state index contributed by atoms with van der Waals surface area (Å²) in [5.74, 6) is 0. The first kappa shape index (κ1) is 18.9. The highest BCUT2D eigenvalue weighted by molar-refractivity contribution is 6.03. The van der Waals surface area contributed by atoms with Crippen LogP contribution in [0.4, 0.5) is 5.69 Å². The van der Waals surface area contributed by atoms with Gasteiger partial charge in [-0.15, -0.1) is 0 Å². The average Bonchev–Trinajstić information content (AvgIpc) is 3.24. The van der Waals surface area contributed by atoms with Gasteiger partial charge in [0.1, 0.15) is 0 Å². The van der Waals surface area contributed by atoms with Crippen LogP contribution >= 0.6 is 0 Å². The molecule has 0 aliphatic carbocycles. The highest BCUT2D eigenvalue weighted by Gasteiger charge is 2.29. The van der Waals surface area contributed by atoms with Gasteiger partial charge in [-0.25, -0.2) is 0 Å². The highest BCUT2D eigenvalue weighted by Crippen LogP contribution is 2.36. The molecule has 0 saturated carbocycles. The normalized spacial score (nSPS) is 16.2. The third kappa shape index (κ3) is 4.52. The fraction of sp³-hybridized carbons (Fsp3) is 0.167. The largest absolute Gasteiger partial charge is 0.394 e. The molecule has 0 amide bonds. The molecule has 0 spiro atoms. The molecular formula is C24H24N4O. The third-order valence-corrected chi connectivity index (χ3v) is 4.89. The Balaban J connectivity index is 1.61. The molecule has 0 radical (unpaired) electrons. The molecular weight excluding hydrogens is 360 g/mol. The molecule has 1 aliphatic heterocycles. The van der Waals surface area contributed by atoms with Gasteiger partial charge in [0.05, 0.1) is 36.8 Å². The molecule has 1 aliphatic rings. The van der Waals surface area contributed by atoms with Crippen molar-refractivity contribution in [3.8, 4) is 0 Å². The maximum absolute atomic E-state index is 8.79. The van der Waals surface area contributed by atoms with Crippen LogP contribution in [-0.4, -0.2) is 30.2 Å². The molecule has 1 unspecified atom stereocenters. The molecule has 29 heavy (non-hydrogen) atoms. The van der Waals surface area contributed by atoms with E-state index in [0.29, 0.717) is 6.54 Å². The van der Waals surface area contributed by atoms with Crippen molar-refractivity contribution in [1.29, 1.82) is 0 Å². The van der Waals surface area contributed by atoms with Crippen LogP contribution in [0, 0.1) is 0 Å². The van der Waals surface area contributed by atoms with Gasteiger partial charge in [-0.2, -0.15) is 10.2 Å². The number of benzene rings is 3. The monoisotopic (exact) mass is 384 g/mol. The Morgan fingerprint density at radius 3 is 2.34 bits per heavy atom. The molecule has 4 rings (SSSR count). The highest BCUT2D eigenvalue weighted by atomic mass is 16.3. The molecule has 1 heterocycles. The number of hydrogen-bond donors (Lipinski definition) is 2. The molecule has 0 saturated heterocycles. The fourth-order valence-corrected chi connectivity index (χ4v) is 3.44. The number of rotatable bonds is 7. The quantitative estimate of drug-likeness (QED) is 0.368. The molecule has 2 N–H and O–H groups in total. The van der Waals surface area contributed by atoms with E-state index in [9.17, 15) is 0 Å². The van der Waals surface area contributed by atoms with Crippen LogP contribution in [0.15, 0.2) is 95.1 Å². The van der Waals surface area contributed by atoms with E-state index in [1.807, 2.05) is 24.3 Å². The number of hydrazone groups is 2. The second-order valence-corrected chi connectivity index (χ2v) is 6.87. The van der Waals surface area contributed by atoms with Crippen LogP contribution in [0.25, 0.3) is 0 Å². The van der Waals surface area contributed by atoms with Crippen LogP contribution in [0.3, 0.4) is 0 Å². The van der Waals surface area contributed by atoms with Crippen molar-refractivity contribution in [3.05, 3.63) is 102 Å². The van der Waals surface area contributed by atoms with Crippen molar-refractivity contribution in [3.63, 3.8) is 0 Å². The van der Waals surface area contributed by atoms with Crippen LogP contribution in [0.5, 0.6) is 0 Å². The van der Waals surface area contributed by atoms with Gasteiger partial charge in [0, 0.05) is 6.42 Å². The molecule has 5 nitrogen and oxygen atoms in total. The summed E-state index contributed by atoms with van der Waals surface area (Å²) in [6, 6.07) is 29.2. The summed E-state index contributed by atoms with van der Waals surface area (Å²) in [4.78, 5) is 0. The smallest absolute Gasteiger partial charge is 0.0831 e. The lowest BCUT2D eigenvalue weighted by Gasteiger charge is -2.24. The first-order valence-electron chi connectivity index (χ1n) is 9.79. The Labute approximate surface area is 171 Å². The van der Waals surface area contributed by atoms with E-state index in [4.69, 9.17) is 10.2 Å².